The van der Waals surface area contributed by atoms with E-state index in [2.05, 4.69) is 39.6 Å². The van der Waals surface area contributed by atoms with Crippen molar-refractivity contribution in [1.29, 1.82) is 0 Å². The zero-order chi connectivity index (χ0) is 24.0. The Hall–Kier alpha value is -3.89. The van der Waals surface area contributed by atoms with Gasteiger partial charge >= 0.3 is 0 Å². The van der Waals surface area contributed by atoms with Gasteiger partial charge in [-0.1, -0.05) is 12.1 Å². The molecule has 1 fully saturated rings. The van der Waals surface area contributed by atoms with Crippen molar-refractivity contribution < 1.29 is 14.2 Å². The van der Waals surface area contributed by atoms with Crippen LogP contribution < -0.4 is 20.3 Å². The molecule has 3 heterocycles. The summed E-state index contributed by atoms with van der Waals surface area (Å²) in [6, 6.07) is 15.8. The second-order valence-electron chi connectivity index (χ2n) is 8.24. The molecule has 182 valence electrons. The van der Waals surface area contributed by atoms with E-state index in [1.165, 1.54) is 5.56 Å². The molecule has 0 aliphatic carbocycles. The highest BCUT2D eigenvalue weighted by molar-refractivity contribution is 5.87. The average Bonchev–Trinajstić information content (AvgIpc) is 3.27. The zero-order valence-electron chi connectivity index (χ0n) is 19.9. The van der Waals surface area contributed by atoms with Gasteiger partial charge in [0, 0.05) is 31.6 Å². The smallest absolute Gasteiger partial charge is 0.231 e. The summed E-state index contributed by atoms with van der Waals surface area (Å²) >= 11 is 0. The molecule has 4 aromatic rings. The van der Waals surface area contributed by atoms with Gasteiger partial charge in [-0.25, -0.2) is 4.98 Å². The Bertz CT molecular complexity index is 1270. The normalized spacial score (nSPS) is 13.7. The minimum absolute atomic E-state index is 0.484. The molecule has 5 rings (SSSR count). The van der Waals surface area contributed by atoms with Gasteiger partial charge < -0.3 is 34.7 Å². The van der Waals surface area contributed by atoms with E-state index in [0.29, 0.717) is 44.0 Å². The topological polar surface area (TPSA) is 109 Å². The van der Waals surface area contributed by atoms with Crippen molar-refractivity contribution in [3.63, 3.8) is 0 Å². The van der Waals surface area contributed by atoms with Crippen molar-refractivity contribution in [2.75, 3.05) is 62.2 Å². The van der Waals surface area contributed by atoms with Gasteiger partial charge in [0.2, 0.25) is 11.9 Å². The number of fused-ring (bicyclic) bond motifs is 1. The predicted molar refractivity (Wildman–Crippen MR) is 136 cm³/mol. The van der Waals surface area contributed by atoms with E-state index in [4.69, 9.17) is 29.2 Å². The molecule has 0 amide bonds. The molecule has 2 aromatic carbocycles. The molecule has 1 aliphatic heterocycles. The van der Waals surface area contributed by atoms with Gasteiger partial charge in [-0.2, -0.15) is 9.97 Å². The minimum Gasteiger partial charge on any atom is -0.491 e. The number of imidazole rings is 1. The monoisotopic (exact) mass is 475 g/mol. The number of hydrogen-bond donors (Lipinski definition) is 3. The van der Waals surface area contributed by atoms with Crippen LogP contribution in [0.2, 0.25) is 0 Å². The van der Waals surface area contributed by atoms with Crippen molar-refractivity contribution in [3.8, 4) is 5.75 Å². The summed E-state index contributed by atoms with van der Waals surface area (Å²) < 4.78 is 16.2. The molecule has 35 heavy (non-hydrogen) atoms. The summed E-state index contributed by atoms with van der Waals surface area (Å²) in [5.74, 6) is 2.65. The van der Waals surface area contributed by atoms with E-state index in [-0.39, 0.29) is 0 Å². The number of aryl methyl sites for hydroxylation is 1. The van der Waals surface area contributed by atoms with Crippen LogP contribution in [0.3, 0.4) is 0 Å². The molecule has 3 N–H and O–H groups in total. The fourth-order valence-electron chi connectivity index (χ4n) is 3.86. The summed E-state index contributed by atoms with van der Waals surface area (Å²) in [6.07, 6.45) is 0. The molecule has 2 aromatic heterocycles. The third-order valence-electron chi connectivity index (χ3n) is 5.58. The molecule has 10 heteroatoms. The lowest BCUT2D eigenvalue weighted by Crippen LogP contribution is -2.37. The Morgan fingerprint density at radius 3 is 2.57 bits per heavy atom. The zero-order valence-corrected chi connectivity index (χ0v) is 19.9. The molecule has 1 saturated heterocycles. The van der Waals surface area contributed by atoms with Gasteiger partial charge in [0.15, 0.2) is 17.0 Å². The summed E-state index contributed by atoms with van der Waals surface area (Å²) in [6.45, 7) is 5.89. The van der Waals surface area contributed by atoms with Crippen LogP contribution in [0.5, 0.6) is 5.75 Å². The number of aromatic nitrogens is 4. The Morgan fingerprint density at radius 1 is 0.971 bits per heavy atom. The Kier molecular flexibility index (Phi) is 6.92. The first-order valence-electron chi connectivity index (χ1n) is 11.6. The molecule has 0 saturated carbocycles. The number of ether oxygens (including phenoxy) is 3. The molecule has 0 spiro atoms. The van der Waals surface area contributed by atoms with Crippen LogP contribution in [-0.4, -0.2) is 66.6 Å². The molecular formula is C25H29N7O3. The van der Waals surface area contributed by atoms with E-state index in [0.717, 1.165) is 41.5 Å². The van der Waals surface area contributed by atoms with Crippen LogP contribution in [0.4, 0.5) is 29.1 Å². The van der Waals surface area contributed by atoms with Crippen molar-refractivity contribution in [1.82, 2.24) is 19.9 Å². The quantitative estimate of drug-likeness (QED) is 0.309. The number of aromatic amines is 1. The van der Waals surface area contributed by atoms with Gasteiger partial charge in [-0.3, -0.25) is 0 Å². The maximum Gasteiger partial charge on any atom is 0.231 e. The highest BCUT2D eigenvalue weighted by Crippen LogP contribution is 2.28. The fraction of sp³-hybridized carbons (Fsp3) is 0.320. The molecule has 1 aliphatic rings. The second-order valence-corrected chi connectivity index (χ2v) is 8.24. The third kappa shape index (κ3) is 5.61. The number of nitrogens with zero attached hydrogens (tertiary/aromatic N) is 4. The van der Waals surface area contributed by atoms with E-state index in [1.54, 1.807) is 7.11 Å². The number of methoxy groups -OCH3 is 1. The van der Waals surface area contributed by atoms with Crippen molar-refractivity contribution in [2.45, 2.75) is 6.92 Å². The van der Waals surface area contributed by atoms with Crippen LogP contribution in [0.15, 0.2) is 48.5 Å². The third-order valence-corrected chi connectivity index (χ3v) is 5.58. The Labute approximate surface area is 203 Å². The van der Waals surface area contributed by atoms with Gasteiger partial charge in [-0.15, -0.1) is 0 Å². The van der Waals surface area contributed by atoms with Crippen LogP contribution in [-0.2, 0) is 9.47 Å². The van der Waals surface area contributed by atoms with Crippen molar-refractivity contribution in [3.05, 3.63) is 54.1 Å². The maximum absolute atomic E-state index is 5.64. The highest BCUT2D eigenvalue weighted by Gasteiger charge is 2.20. The number of anilines is 5. The first-order chi connectivity index (χ1) is 17.2. The highest BCUT2D eigenvalue weighted by atomic mass is 16.5. The average molecular weight is 476 g/mol. The lowest BCUT2D eigenvalue weighted by Gasteiger charge is -2.28. The van der Waals surface area contributed by atoms with E-state index in [9.17, 15) is 0 Å². The molecule has 0 radical (unpaired) electrons. The molecule has 0 atom stereocenters. The minimum atomic E-state index is 0.484. The standard InChI is InChI=1S/C25H29N7O3/c1-17-4-3-5-19(16-17)27-24-28-21-22(29-24)30-25(31-23(21)32-10-12-34-13-11-32)26-18-6-8-20(9-7-18)35-15-14-33-2/h3-9,16H,10-15H2,1-2H3,(H3,26,27,28,29,30,31). The van der Waals surface area contributed by atoms with Gasteiger partial charge in [0.25, 0.3) is 0 Å². The first-order valence-corrected chi connectivity index (χ1v) is 11.6. The molecule has 0 unspecified atom stereocenters. The Balaban J connectivity index is 1.42. The number of rotatable bonds is 9. The van der Waals surface area contributed by atoms with Crippen LogP contribution in [0.1, 0.15) is 5.56 Å². The summed E-state index contributed by atoms with van der Waals surface area (Å²) in [5.41, 5.74) is 4.35. The summed E-state index contributed by atoms with van der Waals surface area (Å²) in [4.78, 5) is 19.8. The van der Waals surface area contributed by atoms with E-state index < -0.39 is 0 Å². The van der Waals surface area contributed by atoms with Gasteiger partial charge in [0.1, 0.15) is 12.4 Å². The van der Waals surface area contributed by atoms with Crippen LogP contribution in [0.25, 0.3) is 11.2 Å². The Morgan fingerprint density at radius 2 is 1.80 bits per heavy atom. The number of hydrogen-bond acceptors (Lipinski definition) is 9. The SMILES string of the molecule is COCCOc1ccc(Nc2nc(N3CCOCC3)c3nc(Nc4cccc(C)c4)[nH]c3n2)cc1. The number of morpholine rings is 1. The number of nitrogens with one attached hydrogen (secondary N) is 3. The van der Waals surface area contributed by atoms with Crippen molar-refractivity contribution >= 4 is 40.3 Å². The number of H-pyrrole nitrogens is 1. The lowest BCUT2D eigenvalue weighted by molar-refractivity contribution is 0.122. The first kappa shape index (κ1) is 22.9. The number of benzene rings is 2. The molecule has 10 nitrogen and oxygen atoms in total. The van der Waals surface area contributed by atoms with Crippen LogP contribution in [0, 0.1) is 6.92 Å². The van der Waals surface area contributed by atoms with Crippen molar-refractivity contribution in [2.24, 2.45) is 0 Å². The van der Waals surface area contributed by atoms with E-state index >= 15 is 0 Å². The lowest BCUT2D eigenvalue weighted by atomic mass is 10.2. The largest absolute Gasteiger partial charge is 0.491 e. The molecular weight excluding hydrogens is 446 g/mol. The fourth-order valence-corrected chi connectivity index (χ4v) is 3.86. The second kappa shape index (κ2) is 10.6. The molecule has 0 bridgehead atoms. The predicted octanol–water partition coefficient (Wildman–Crippen LogP) is 4.01. The maximum atomic E-state index is 5.64. The summed E-state index contributed by atoms with van der Waals surface area (Å²) in [5, 5.41) is 6.65. The van der Waals surface area contributed by atoms with Gasteiger partial charge in [0.05, 0.1) is 19.8 Å². The van der Waals surface area contributed by atoms with Gasteiger partial charge in [-0.05, 0) is 48.9 Å². The van der Waals surface area contributed by atoms with Crippen LogP contribution >= 0.6 is 0 Å². The summed E-state index contributed by atoms with van der Waals surface area (Å²) in [7, 11) is 1.65. The van der Waals surface area contributed by atoms with E-state index in [1.807, 2.05) is 36.4 Å².